The summed E-state index contributed by atoms with van der Waals surface area (Å²) in [5, 5.41) is 14.0. The molecule has 0 atom stereocenters. The third kappa shape index (κ3) is 5.89. The molecule has 2 N–H and O–H groups in total. The molecule has 11 aromatic rings. The van der Waals surface area contributed by atoms with Crippen LogP contribution in [0.3, 0.4) is 0 Å². The number of dihydropyridines is 2. The van der Waals surface area contributed by atoms with Crippen molar-refractivity contribution in [1.29, 1.82) is 0 Å². The number of nitrogens with one attached hydrogen (secondary N) is 2. The summed E-state index contributed by atoms with van der Waals surface area (Å²) in [5.74, 6) is 0. The molecule has 0 amide bonds. The molecule has 0 aliphatic carbocycles. The zero-order valence-electron chi connectivity index (χ0n) is 34.2. The standard InChI is InChI=1S/C58H39N3OS/c1-3-13-45(40-9-7-27-59-34-40)43(11-1)38-17-22-54-48(31-38)47-15-5-6-16-53(47)61(54)42-21-24-56-50(33-42)49-29-36(18-23-55(49)62-56)37-19-25-57-51(30-37)52-32-39(20-26-58(52)63-57)44-12-2-4-14-46(44)41-10-8-28-60-35-41/h1-26,29-35,59-60H,27-28H2. The van der Waals surface area contributed by atoms with Crippen molar-refractivity contribution in [1.82, 2.24) is 15.2 Å². The molecular weight excluding hydrogens is 787 g/mol. The summed E-state index contributed by atoms with van der Waals surface area (Å²) >= 11 is 1.86. The summed E-state index contributed by atoms with van der Waals surface area (Å²) in [7, 11) is 0. The summed E-state index contributed by atoms with van der Waals surface area (Å²) in [4.78, 5) is 0. The first-order valence-electron chi connectivity index (χ1n) is 21.6. The van der Waals surface area contributed by atoms with E-state index in [0.29, 0.717) is 0 Å². The van der Waals surface area contributed by atoms with Crippen molar-refractivity contribution in [3.63, 3.8) is 0 Å². The first-order chi connectivity index (χ1) is 31.2. The van der Waals surface area contributed by atoms with E-state index < -0.39 is 0 Å². The molecule has 5 heteroatoms. The number of benzene rings is 8. The van der Waals surface area contributed by atoms with Crippen molar-refractivity contribution in [2.75, 3.05) is 13.1 Å². The Morgan fingerprint density at radius 2 is 0.921 bits per heavy atom. The van der Waals surface area contributed by atoms with Crippen molar-refractivity contribution in [3.8, 4) is 39.1 Å². The van der Waals surface area contributed by atoms with Gasteiger partial charge in [-0.2, -0.15) is 0 Å². The van der Waals surface area contributed by atoms with E-state index in [0.717, 1.165) is 40.7 Å². The first-order valence-corrected chi connectivity index (χ1v) is 22.4. The maximum absolute atomic E-state index is 6.51. The van der Waals surface area contributed by atoms with Gasteiger partial charge in [-0.05, 0) is 128 Å². The van der Waals surface area contributed by atoms with Gasteiger partial charge < -0.3 is 19.6 Å². The number of hydrogen-bond acceptors (Lipinski definition) is 4. The van der Waals surface area contributed by atoms with Crippen molar-refractivity contribution in [2.24, 2.45) is 0 Å². The molecule has 13 rings (SSSR count). The number of rotatable bonds is 6. The Balaban J connectivity index is 0.907. The second-order valence-corrected chi connectivity index (χ2v) is 17.6. The third-order valence-electron chi connectivity index (χ3n) is 12.9. The van der Waals surface area contributed by atoms with Crippen LogP contribution in [-0.2, 0) is 0 Å². The molecule has 0 saturated carbocycles. The highest BCUT2D eigenvalue weighted by molar-refractivity contribution is 7.25. The average molecular weight is 826 g/mol. The van der Waals surface area contributed by atoms with E-state index in [-0.39, 0.29) is 0 Å². The van der Waals surface area contributed by atoms with Crippen LogP contribution in [0.1, 0.15) is 11.1 Å². The fourth-order valence-corrected chi connectivity index (χ4v) is 10.9. The van der Waals surface area contributed by atoms with Crippen LogP contribution in [0.5, 0.6) is 0 Å². The average Bonchev–Trinajstić information content (AvgIpc) is 4.02. The maximum atomic E-state index is 6.51. The van der Waals surface area contributed by atoms with E-state index in [1.54, 1.807) is 0 Å². The molecule has 0 saturated heterocycles. The maximum Gasteiger partial charge on any atom is 0.135 e. The second kappa shape index (κ2) is 14.4. The zero-order chi connectivity index (χ0) is 41.4. The van der Waals surface area contributed by atoms with Gasteiger partial charge >= 0.3 is 0 Å². The number of hydrogen-bond donors (Lipinski definition) is 2. The van der Waals surface area contributed by atoms with Gasteiger partial charge in [0.05, 0.1) is 11.0 Å². The minimum atomic E-state index is 0.857. The number of thiophene rings is 1. The molecule has 0 bridgehead atoms. The Bertz CT molecular complexity index is 3810. The molecular formula is C58H39N3OS. The molecule has 2 aliphatic rings. The Morgan fingerprint density at radius 3 is 1.59 bits per heavy atom. The van der Waals surface area contributed by atoms with Gasteiger partial charge in [-0.15, -0.1) is 11.3 Å². The monoisotopic (exact) mass is 825 g/mol. The predicted molar refractivity (Wildman–Crippen MR) is 267 cm³/mol. The van der Waals surface area contributed by atoms with Gasteiger partial charge in [0, 0.05) is 72.9 Å². The summed E-state index contributed by atoms with van der Waals surface area (Å²) in [6, 6.07) is 60.2. The number of furan rings is 1. The molecule has 0 fully saturated rings. The van der Waals surface area contributed by atoms with Crippen LogP contribution < -0.4 is 10.6 Å². The smallest absolute Gasteiger partial charge is 0.135 e. The van der Waals surface area contributed by atoms with Crippen LogP contribution in [0.2, 0.25) is 0 Å². The topological polar surface area (TPSA) is 42.1 Å². The lowest BCUT2D eigenvalue weighted by Crippen LogP contribution is -2.08. The van der Waals surface area contributed by atoms with E-state index in [4.69, 9.17) is 4.42 Å². The van der Waals surface area contributed by atoms with Gasteiger partial charge in [-0.1, -0.05) is 115 Å². The van der Waals surface area contributed by atoms with E-state index in [9.17, 15) is 0 Å². The van der Waals surface area contributed by atoms with Crippen LogP contribution in [-0.4, -0.2) is 17.7 Å². The number of aromatic nitrogens is 1. The molecule has 4 nitrogen and oxygen atoms in total. The van der Waals surface area contributed by atoms with Gasteiger partial charge in [0.15, 0.2) is 0 Å². The zero-order valence-corrected chi connectivity index (χ0v) is 35.0. The second-order valence-electron chi connectivity index (χ2n) is 16.5. The lowest BCUT2D eigenvalue weighted by molar-refractivity contribution is 0.669. The SMILES string of the molecule is C1=CC(c2ccccc2-c2ccc3sc4ccc(-c5ccc6oc7ccc(-n8c9ccccc9c9cc(-c%10ccccc%10C%10=CNCC=C%10)ccc98)cc7c6c5)cc4c3c2)=CNC1. The molecule has 298 valence electrons. The fraction of sp³-hybridized carbons (Fsp3) is 0.0345. The van der Waals surface area contributed by atoms with Crippen molar-refractivity contribution >= 4 is 86.4 Å². The van der Waals surface area contributed by atoms with Gasteiger partial charge in [0.2, 0.25) is 0 Å². The van der Waals surface area contributed by atoms with Crippen LogP contribution in [0.15, 0.2) is 205 Å². The Morgan fingerprint density at radius 1 is 0.413 bits per heavy atom. The minimum Gasteiger partial charge on any atom is -0.456 e. The number of fused-ring (bicyclic) bond motifs is 9. The van der Waals surface area contributed by atoms with Gasteiger partial charge in [-0.25, -0.2) is 0 Å². The van der Waals surface area contributed by atoms with E-state index in [1.807, 2.05) is 11.3 Å². The number of nitrogens with zero attached hydrogens (tertiary/aromatic N) is 1. The summed E-state index contributed by atoms with van der Waals surface area (Å²) in [6.07, 6.45) is 13.0. The largest absolute Gasteiger partial charge is 0.456 e. The highest BCUT2D eigenvalue weighted by atomic mass is 32.1. The van der Waals surface area contributed by atoms with Gasteiger partial charge in [0.1, 0.15) is 11.2 Å². The molecule has 8 aromatic carbocycles. The highest BCUT2D eigenvalue weighted by Gasteiger charge is 2.18. The van der Waals surface area contributed by atoms with Gasteiger partial charge in [0.25, 0.3) is 0 Å². The summed E-state index contributed by atoms with van der Waals surface area (Å²) in [6.45, 7) is 1.72. The molecule has 63 heavy (non-hydrogen) atoms. The Kier molecular flexibility index (Phi) is 8.18. The third-order valence-corrected chi connectivity index (χ3v) is 14.0. The quantitative estimate of drug-likeness (QED) is 0.175. The van der Waals surface area contributed by atoms with Crippen molar-refractivity contribution in [2.45, 2.75) is 0 Å². The first kappa shape index (κ1) is 35.9. The molecule has 0 unspecified atom stereocenters. The predicted octanol–water partition coefficient (Wildman–Crippen LogP) is 15.1. The molecule has 0 radical (unpaired) electrons. The Hall–Kier alpha value is -7.86. The summed E-state index contributed by atoms with van der Waals surface area (Å²) < 4.78 is 11.5. The molecule has 0 spiro atoms. The van der Waals surface area contributed by atoms with Gasteiger partial charge in [-0.3, -0.25) is 0 Å². The Labute approximate surface area is 368 Å². The normalized spacial score (nSPS) is 13.9. The van der Waals surface area contributed by atoms with E-state index >= 15 is 0 Å². The lowest BCUT2D eigenvalue weighted by atomic mass is 9.93. The van der Waals surface area contributed by atoms with Crippen LogP contribution >= 0.6 is 11.3 Å². The van der Waals surface area contributed by atoms with Crippen LogP contribution in [0, 0.1) is 0 Å². The summed E-state index contributed by atoms with van der Waals surface area (Å²) in [5.41, 5.74) is 17.3. The lowest BCUT2D eigenvalue weighted by Gasteiger charge is -2.14. The number of allylic oxidation sites excluding steroid dienone is 4. The number of para-hydroxylation sites is 1. The van der Waals surface area contributed by atoms with Crippen LogP contribution in [0.4, 0.5) is 0 Å². The van der Waals surface area contributed by atoms with E-state index in [2.05, 4.69) is 216 Å². The fourth-order valence-electron chi connectivity index (χ4n) is 9.88. The van der Waals surface area contributed by atoms with Crippen molar-refractivity contribution in [3.05, 3.63) is 212 Å². The highest BCUT2D eigenvalue weighted by Crippen LogP contribution is 2.42. The van der Waals surface area contributed by atoms with Crippen molar-refractivity contribution < 1.29 is 4.42 Å². The van der Waals surface area contributed by atoms with Crippen LogP contribution in [0.25, 0.3) is 114 Å². The van der Waals surface area contributed by atoms with E-state index in [1.165, 1.54) is 97.6 Å². The molecule has 5 heterocycles. The molecule has 2 aliphatic heterocycles. The minimum absolute atomic E-state index is 0.857. The molecule has 3 aromatic heterocycles.